The fourth-order valence-corrected chi connectivity index (χ4v) is 4.56. The third-order valence-electron chi connectivity index (χ3n) is 6.13. The van der Waals surface area contributed by atoms with Crippen molar-refractivity contribution in [1.29, 1.82) is 0 Å². The van der Waals surface area contributed by atoms with Crippen LogP contribution in [0.3, 0.4) is 0 Å². The molecule has 0 saturated heterocycles. The monoisotopic (exact) mass is 552 g/mol. The maximum Gasteiger partial charge on any atom is 0.407 e. The van der Waals surface area contributed by atoms with E-state index in [1.807, 2.05) is 37.3 Å². The summed E-state index contributed by atoms with van der Waals surface area (Å²) in [5, 5.41) is 10.0. The zero-order valence-electron chi connectivity index (χ0n) is 22.5. The summed E-state index contributed by atoms with van der Waals surface area (Å²) in [5.74, 6) is -0.255. The molecule has 1 aromatic heterocycles. The number of alkyl carbamates (subject to hydrolysis) is 1. The Morgan fingerprint density at radius 2 is 1.82 bits per heavy atom. The Hall–Kier alpha value is -4.05. The summed E-state index contributed by atoms with van der Waals surface area (Å²) in [6.07, 6.45) is 2.93. The van der Waals surface area contributed by atoms with E-state index in [4.69, 9.17) is 16.3 Å². The van der Waals surface area contributed by atoms with Gasteiger partial charge >= 0.3 is 12.1 Å². The minimum atomic E-state index is -0.600. The summed E-state index contributed by atoms with van der Waals surface area (Å²) in [6.45, 7) is 8.28. The Morgan fingerprint density at radius 1 is 1.08 bits per heavy atom. The van der Waals surface area contributed by atoms with E-state index in [-0.39, 0.29) is 37.6 Å². The lowest BCUT2D eigenvalue weighted by molar-refractivity contribution is 0.0527. The Labute approximate surface area is 232 Å². The van der Waals surface area contributed by atoms with Crippen molar-refractivity contribution in [3.05, 3.63) is 77.1 Å². The van der Waals surface area contributed by atoms with Gasteiger partial charge in [0.2, 0.25) is 0 Å². The van der Waals surface area contributed by atoms with E-state index in [1.165, 1.54) is 0 Å². The van der Waals surface area contributed by atoms with E-state index in [2.05, 4.69) is 15.7 Å². The molecule has 1 atom stereocenters. The molecule has 0 bridgehead atoms. The van der Waals surface area contributed by atoms with Crippen LogP contribution in [0.15, 0.2) is 60.9 Å². The zero-order chi connectivity index (χ0) is 28.2. The number of carbonyl (C=O) groups is 3. The standard InChI is InChI=1S/C28H33ClN6O4/c1-19-17-34(25(36)22-11-10-21(16-23(22)29)35-15-7-12-32-35)24-9-6-5-8-20(24)18-33(19)26(37)30-13-14-31-27(38)39-28(2,3)4/h5-12,15-16,19H,13-14,17-18H2,1-4H3,(H,30,37)(H,31,38)/t19-/m1/s1. The van der Waals surface area contributed by atoms with Gasteiger partial charge in [0.05, 0.1) is 16.3 Å². The molecule has 4 rings (SSSR count). The predicted molar refractivity (Wildman–Crippen MR) is 149 cm³/mol. The first-order chi connectivity index (χ1) is 18.5. The van der Waals surface area contributed by atoms with E-state index in [0.29, 0.717) is 17.1 Å². The largest absolute Gasteiger partial charge is 0.444 e. The van der Waals surface area contributed by atoms with Crippen LogP contribution in [-0.2, 0) is 11.3 Å². The number of anilines is 1. The lowest BCUT2D eigenvalue weighted by Crippen LogP contribution is -2.49. The number of urea groups is 1. The third-order valence-corrected chi connectivity index (χ3v) is 6.44. The molecule has 11 heteroatoms. The fourth-order valence-electron chi connectivity index (χ4n) is 4.31. The van der Waals surface area contributed by atoms with Crippen LogP contribution in [-0.4, -0.2) is 64.0 Å². The molecule has 10 nitrogen and oxygen atoms in total. The van der Waals surface area contributed by atoms with Gasteiger partial charge in [-0.25, -0.2) is 14.3 Å². The average molecular weight is 553 g/mol. The van der Waals surface area contributed by atoms with E-state index in [9.17, 15) is 14.4 Å². The van der Waals surface area contributed by atoms with Gasteiger partial charge < -0.3 is 25.2 Å². The normalized spacial score (nSPS) is 15.3. The molecule has 39 heavy (non-hydrogen) atoms. The summed E-state index contributed by atoms with van der Waals surface area (Å²) in [7, 11) is 0. The van der Waals surface area contributed by atoms with Crippen LogP contribution in [0.25, 0.3) is 5.69 Å². The van der Waals surface area contributed by atoms with Crippen LogP contribution >= 0.6 is 11.6 Å². The van der Waals surface area contributed by atoms with Crippen molar-refractivity contribution in [2.45, 2.75) is 45.9 Å². The second kappa shape index (κ2) is 11.8. The van der Waals surface area contributed by atoms with Crippen LogP contribution in [0, 0.1) is 0 Å². The predicted octanol–water partition coefficient (Wildman–Crippen LogP) is 4.61. The van der Waals surface area contributed by atoms with E-state index in [1.54, 1.807) is 65.8 Å². The lowest BCUT2D eigenvalue weighted by atomic mass is 10.1. The number of halogens is 1. The quantitative estimate of drug-likeness (QED) is 0.449. The molecule has 4 amide bonds. The minimum Gasteiger partial charge on any atom is -0.444 e. The topological polar surface area (TPSA) is 109 Å². The molecular formula is C28H33ClN6O4. The van der Waals surface area contributed by atoms with Crippen LogP contribution in [0.1, 0.15) is 43.6 Å². The maximum atomic E-state index is 13.8. The summed E-state index contributed by atoms with van der Waals surface area (Å²) in [4.78, 5) is 42.1. The molecule has 3 aromatic rings. The molecule has 0 unspecified atom stereocenters. The first-order valence-electron chi connectivity index (χ1n) is 12.7. The van der Waals surface area contributed by atoms with Gasteiger partial charge in [0.1, 0.15) is 5.60 Å². The highest BCUT2D eigenvalue weighted by Crippen LogP contribution is 2.30. The van der Waals surface area contributed by atoms with Crippen molar-refractivity contribution in [2.75, 3.05) is 24.5 Å². The molecule has 0 saturated carbocycles. The Kier molecular flexibility index (Phi) is 8.44. The summed E-state index contributed by atoms with van der Waals surface area (Å²) >= 11 is 6.57. The molecule has 1 aliphatic heterocycles. The van der Waals surface area contributed by atoms with Gasteiger partial charge in [-0.05, 0) is 63.6 Å². The molecule has 2 aromatic carbocycles. The Bertz CT molecular complexity index is 1340. The van der Waals surface area contributed by atoms with Crippen molar-refractivity contribution < 1.29 is 19.1 Å². The number of benzene rings is 2. The lowest BCUT2D eigenvalue weighted by Gasteiger charge is -2.29. The van der Waals surface area contributed by atoms with E-state index in [0.717, 1.165) is 16.9 Å². The number of hydrogen-bond acceptors (Lipinski definition) is 5. The van der Waals surface area contributed by atoms with Crippen LogP contribution in [0.5, 0.6) is 0 Å². The molecule has 2 heterocycles. The second-order valence-electron chi connectivity index (χ2n) is 10.3. The molecule has 1 aliphatic rings. The molecule has 0 fully saturated rings. The smallest absolute Gasteiger partial charge is 0.407 e. The molecule has 0 spiro atoms. The number of nitrogens with one attached hydrogen (secondary N) is 2. The highest BCUT2D eigenvalue weighted by molar-refractivity contribution is 6.34. The van der Waals surface area contributed by atoms with Crippen molar-refractivity contribution >= 4 is 35.3 Å². The maximum absolute atomic E-state index is 13.8. The van der Waals surface area contributed by atoms with Crippen LogP contribution in [0.4, 0.5) is 15.3 Å². The van der Waals surface area contributed by atoms with E-state index < -0.39 is 11.7 Å². The molecule has 206 valence electrons. The number of hydrogen-bond donors (Lipinski definition) is 2. The summed E-state index contributed by atoms with van der Waals surface area (Å²) in [6, 6.07) is 13.9. The van der Waals surface area contributed by atoms with Crippen molar-refractivity contribution in [3.8, 4) is 5.69 Å². The second-order valence-corrected chi connectivity index (χ2v) is 10.7. The first-order valence-corrected chi connectivity index (χ1v) is 13.1. The van der Waals surface area contributed by atoms with Gasteiger partial charge in [0.25, 0.3) is 5.91 Å². The Balaban J connectivity index is 1.46. The average Bonchev–Trinajstić information content (AvgIpc) is 3.37. The van der Waals surface area contributed by atoms with Gasteiger partial charge in [-0.2, -0.15) is 5.10 Å². The van der Waals surface area contributed by atoms with Gasteiger partial charge in [-0.3, -0.25) is 4.79 Å². The van der Waals surface area contributed by atoms with Crippen molar-refractivity contribution in [1.82, 2.24) is 25.3 Å². The molecule has 0 radical (unpaired) electrons. The number of fused-ring (bicyclic) bond motifs is 1. The summed E-state index contributed by atoms with van der Waals surface area (Å²) < 4.78 is 6.88. The number of para-hydroxylation sites is 1. The SMILES string of the molecule is C[C@@H]1CN(C(=O)c2ccc(-n3cccn3)cc2Cl)c2ccccc2CN1C(=O)NCCNC(=O)OC(C)(C)C. The van der Waals surface area contributed by atoms with Gasteiger partial charge in [0, 0.05) is 50.3 Å². The van der Waals surface area contributed by atoms with Crippen molar-refractivity contribution in [2.24, 2.45) is 0 Å². The van der Waals surface area contributed by atoms with Gasteiger partial charge in [-0.15, -0.1) is 0 Å². The first kappa shape index (κ1) is 28.0. The molecule has 0 aliphatic carbocycles. The number of nitrogens with zero attached hydrogens (tertiary/aromatic N) is 4. The molecule has 2 N–H and O–H groups in total. The van der Waals surface area contributed by atoms with Crippen LogP contribution < -0.4 is 15.5 Å². The highest BCUT2D eigenvalue weighted by atomic mass is 35.5. The number of aromatic nitrogens is 2. The number of amides is 4. The van der Waals surface area contributed by atoms with Gasteiger partial charge in [0.15, 0.2) is 0 Å². The fraction of sp³-hybridized carbons (Fsp3) is 0.357. The highest BCUT2D eigenvalue weighted by Gasteiger charge is 2.32. The zero-order valence-corrected chi connectivity index (χ0v) is 23.2. The van der Waals surface area contributed by atoms with Gasteiger partial charge in [-0.1, -0.05) is 29.8 Å². The Morgan fingerprint density at radius 3 is 2.51 bits per heavy atom. The van der Waals surface area contributed by atoms with E-state index >= 15 is 0 Å². The van der Waals surface area contributed by atoms with Crippen LogP contribution in [0.2, 0.25) is 5.02 Å². The third kappa shape index (κ3) is 6.88. The number of carbonyl (C=O) groups excluding carboxylic acids is 3. The number of rotatable bonds is 5. The summed E-state index contributed by atoms with van der Waals surface area (Å²) in [5.41, 5.74) is 2.07. The number of ether oxygens (including phenoxy) is 1. The van der Waals surface area contributed by atoms with Crippen molar-refractivity contribution in [3.63, 3.8) is 0 Å². The minimum absolute atomic E-state index is 0.219. The molecular weight excluding hydrogens is 520 g/mol.